The standard InChI is InChI=1S/C19H21FN2O2.ClH/c1-14-5-7-17(8-6-14)24-13-19(23)22-10-9-21-12-18(22)15-3-2-4-16(20)11-15;/h2-8,11,18,21H,9-10,12-13H2,1H3;1H. The minimum Gasteiger partial charge on any atom is -0.484 e. The molecule has 25 heavy (non-hydrogen) atoms. The maximum absolute atomic E-state index is 13.5. The van der Waals surface area contributed by atoms with Crippen LogP contribution >= 0.6 is 12.4 Å². The predicted octanol–water partition coefficient (Wildman–Crippen LogP) is 3.11. The maximum Gasteiger partial charge on any atom is 0.261 e. The van der Waals surface area contributed by atoms with E-state index in [0.717, 1.165) is 17.7 Å². The molecule has 0 radical (unpaired) electrons. The van der Waals surface area contributed by atoms with Gasteiger partial charge in [-0.3, -0.25) is 4.79 Å². The van der Waals surface area contributed by atoms with Crippen molar-refractivity contribution in [3.63, 3.8) is 0 Å². The summed E-state index contributed by atoms with van der Waals surface area (Å²) in [6.07, 6.45) is 0. The van der Waals surface area contributed by atoms with Crippen molar-refractivity contribution in [2.75, 3.05) is 26.2 Å². The van der Waals surface area contributed by atoms with Crippen LogP contribution in [0.2, 0.25) is 0 Å². The molecule has 0 spiro atoms. The average molecular weight is 365 g/mol. The van der Waals surface area contributed by atoms with Gasteiger partial charge in [-0.05, 0) is 36.8 Å². The number of nitrogens with zero attached hydrogens (tertiary/aromatic N) is 1. The topological polar surface area (TPSA) is 41.6 Å². The van der Waals surface area contributed by atoms with Crippen LogP contribution in [0.15, 0.2) is 48.5 Å². The summed E-state index contributed by atoms with van der Waals surface area (Å²) >= 11 is 0. The molecule has 1 fully saturated rings. The van der Waals surface area contributed by atoms with Crippen LogP contribution < -0.4 is 10.1 Å². The maximum atomic E-state index is 13.5. The van der Waals surface area contributed by atoms with Crippen molar-refractivity contribution in [2.45, 2.75) is 13.0 Å². The van der Waals surface area contributed by atoms with Gasteiger partial charge in [0.05, 0.1) is 6.04 Å². The summed E-state index contributed by atoms with van der Waals surface area (Å²) in [6, 6.07) is 13.8. The summed E-state index contributed by atoms with van der Waals surface area (Å²) in [5, 5.41) is 3.26. The predicted molar refractivity (Wildman–Crippen MR) is 97.6 cm³/mol. The zero-order chi connectivity index (χ0) is 16.9. The number of piperazine rings is 1. The Morgan fingerprint density at radius 1 is 1.28 bits per heavy atom. The molecule has 4 nitrogen and oxygen atoms in total. The van der Waals surface area contributed by atoms with E-state index in [0.29, 0.717) is 18.8 Å². The number of hydrogen-bond acceptors (Lipinski definition) is 3. The van der Waals surface area contributed by atoms with E-state index in [4.69, 9.17) is 4.74 Å². The van der Waals surface area contributed by atoms with E-state index in [1.165, 1.54) is 12.1 Å². The highest BCUT2D eigenvalue weighted by Gasteiger charge is 2.28. The summed E-state index contributed by atoms with van der Waals surface area (Å²) in [6.45, 7) is 3.90. The van der Waals surface area contributed by atoms with Gasteiger partial charge in [-0.2, -0.15) is 0 Å². The molecule has 1 aliphatic rings. The molecule has 0 aromatic heterocycles. The minimum atomic E-state index is -0.290. The minimum absolute atomic E-state index is 0. The van der Waals surface area contributed by atoms with Crippen LogP contribution in [0.5, 0.6) is 5.75 Å². The van der Waals surface area contributed by atoms with Gasteiger partial charge in [0.1, 0.15) is 11.6 Å². The molecule has 3 rings (SSSR count). The number of benzene rings is 2. The van der Waals surface area contributed by atoms with Crippen LogP contribution in [0, 0.1) is 12.7 Å². The lowest BCUT2D eigenvalue weighted by molar-refractivity contribution is -0.136. The van der Waals surface area contributed by atoms with Gasteiger partial charge in [-0.15, -0.1) is 12.4 Å². The van der Waals surface area contributed by atoms with Crippen molar-refractivity contribution < 1.29 is 13.9 Å². The van der Waals surface area contributed by atoms with Gasteiger partial charge in [0.2, 0.25) is 0 Å². The fourth-order valence-corrected chi connectivity index (χ4v) is 2.88. The number of aryl methyl sites for hydroxylation is 1. The number of carbonyl (C=O) groups excluding carboxylic acids is 1. The smallest absolute Gasteiger partial charge is 0.261 e. The molecule has 1 saturated heterocycles. The lowest BCUT2D eigenvalue weighted by Gasteiger charge is -2.36. The number of halogens is 2. The van der Waals surface area contributed by atoms with Crippen LogP contribution in [0.25, 0.3) is 0 Å². The van der Waals surface area contributed by atoms with E-state index in [-0.39, 0.29) is 36.8 Å². The van der Waals surface area contributed by atoms with Gasteiger partial charge in [0.25, 0.3) is 5.91 Å². The highest BCUT2D eigenvalue weighted by Crippen LogP contribution is 2.23. The van der Waals surface area contributed by atoms with Crippen molar-refractivity contribution in [1.29, 1.82) is 0 Å². The normalized spacial score (nSPS) is 16.9. The van der Waals surface area contributed by atoms with E-state index in [9.17, 15) is 9.18 Å². The highest BCUT2D eigenvalue weighted by molar-refractivity contribution is 5.85. The Kier molecular flexibility index (Phi) is 6.79. The molecule has 0 aliphatic carbocycles. The lowest BCUT2D eigenvalue weighted by atomic mass is 10.0. The monoisotopic (exact) mass is 364 g/mol. The number of ether oxygens (including phenoxy) is 1. The quantitative estimate of drug-likeness (QED) is 0.906. The molecular formula is C19H22ClFN2O2. The van der Waals surface area contributed by atoms with Crippen molar-refractivity contribution in [3.05, 3.63) is 65.5 Å². The van der Waals surface area contributed by atoms with Crippen molar-refractivity contribution >= 4 is 18.3 Å². The molecule has 1 heterocycles. The largest absolute Gasteiger partial charge is 0.484 e. The first kappa shape index (κ1) is 19.2. The Hall–Kier alpha value is -2.11. The van der Waals surface area contributed by atoms with Gasteiger partial charge in [0.15, 0.2) is 6.61 Å². The fraction of sp³-hybridized carbons (Fsp3) is 0.316. The third-order valence-corrected chi connectivity index (χ3v) is 4.18. The van der Waals surface area contributed by atoms with E-state index in [2.05, 4.69) is 5.32 Å². The molecule has 1 aliphatic heterocycles. The van der Waals surface area contributed by atoms with Crippen LogP contribution in [0.3, 0.4) is 0 Å². The van der Waals surface area contributed by atoms with Crippen molar-refractivity contribution in [2.24, 2.45) is 0 Å². The molecule has 1 amide bonds. The highest BCUT2D eigenvalue weighted by atomic mass is 35.5. The Morgan fingerprint density at radius 2 is 2.04 bits per heavy atom. The van der Waals surface area contributed by atoms with Crippen LogP contribution in [-0.4, -0.2) is 37.0 Å². The third kappa shape index (κ3) is 4.94. The molecule has 1 N–H and O–H groups in total. The molecule has 2 aromatic carbocycles. The fourth-order valence-electron chi connectivity index (χ4n) is 2.88. The molecule has 134 valence electrons. The van der Waals surface area contributed by atoms with Gasteiger partial charge in [-0.25, -0.2) is 4.39 Å². The second-order valence-electron chi connectivity index (χ2n) is 5.96. The first-order valence-corrected chi connectivity index (χ1v) is 8.08. The SMILES string of the molecule is Cc1ccc(OCC(=O)N2CCNCC2c2cccc(F)c2)cc1.Cl. The molecular weight excluding hydrogens is 343 g/mol. The number of amides is 1. The number of rotatable bonds is 4. The Balaban J connectivity index is 0.00000225. The number of carbonyl (C=O) groups is 1. The van der Waals surface area contributed by atoms with Crippen LogP contribution in [-0.2, 0) is 4.79 Å². The van der Waals surface area contributed by atoms with Gasteiger partial charge >= 0.3 is 0 Å². The first-order valence-electron chi connectivity index (χ1n) is 8.08. The van der Waals surface area contributed by atoms with E-state index in [1.807, 2.05) is 37.3 Å². The molecule has 6 heteroatoms. The Labute approximate surface area is 153 Å². The summed E-state index contributed by atoms with van der Waals surface area (Å²) in [5.41, 5.74) is 1.94. The van der Waals surface area contributed by atoms with E-state index >= 15 is 0 Å². The van der Waals surface area contributed by atoms with Gasteiger partial charge in [-0.1, -0.05) is 29.8 Å². The molecule has 0 bridgehead atoms. The second kappa shape index (κ2) is 8.83. The van der Waals surface area contributed by atoms with Crippen molar-refractivity contribution in [3.8, 4) is 5.75 Å². The second-order valence-corrected chi connectivity index (χ2v) is 5.96. The molecule has 1 unspecified atom stereocenters. The van der Waals surface area contributed by atoms with Gasteiger partial charge < -0.3 is 15.0 Å². The summed E-state index contributed by atoms with van der Waals surface area (Å²) in [4.78, 5) is 14.3. The molecule has 1 atom stereocenters. The lowest BCUT2D eigenvalue weighted by Crippen LogP contribution is -2.50. The number of hydrogen-bond donors (Lipinski definition) is 1. The summed E-state index contributed by atoms with van der Waals surface area (Å²) in [5.74, 6) is 0.291. The molecule has 2 aromatic rings. The Morgan fingerprint density at radius 3 is 2.76 bits per heavy atom. The van der Waals surface area contributed by atoms with E-state index in [1.54, 1.807) is 11.0 Å². The zero-order valence-electron chi connectivity index (χ0n) is 14.1. The third-order valence-electron chi connectivity index (χ3n) is 4.18. The average Bonchev–Trinajstić information content (AvgIpc) is 2.61. The van der Waals surface area contributed by atoms with Gasteiger partial charge in [0, 0.05) is 19.6 Å². The van der Waals surface area contributed by atoms with Crippen molar-refractivity contribution in [1.82, 2.24) is 10.2 Å². The number of nitrogens with one attached hydrogen (secondary N) is 1. The molecule has 0 saturated carbocycles. The van der Waals surface area contributed by atoms with E-state index < -0.39 is 0 Å². The van der Waals surface area contributed by atoms with Crippen LogP contribution in [0.4, 0.5) is 4.39 Å². The summed E-state index contributed by atoms with van der Waals surface area (Å²) < 4.78 is 19.1. The zero-order valence-corrected chi connectivity index (χ0v) is 14.9. The summed E-state index contributed by atoms with van der Waals surface area (Å²) in [7, 11) is 0. The Bertz CT molecular complexity index is 709. The first-order chi connectivity index (χ1) is 11.6. The van der Waals surface area contributed by atoms with Crippen LogP contribution in [0.1, 0.15) is 17.2 Å².